The van der Waals surface area contributed by atoms with Gasteiger partial charge in [-0.05, 0) is 42.0 Å². The average molecular weight is 177 g/mol. The molecule has 0 atom stereocenters. The van der Waals surface area contributed by atoms with Gasteiger partial charge >= 0.3 is 0 Å². The van der Waals surface area contributed by atoms with Crippen molar-refractivity contribution in [2.24, 2.45) is 0 Å². The first kappa shape index (κ1) is 10.1. The minimum atomic E-state index is -0.0236. The van der Waals surface area contributed by atoms with Crippen molar-refractivity contribution in [2.75, 3.05) is 0 Å². The SMILES string of the molecule is [CH2]c1cc(C(C)(C)C)c(O)cc1C. The maximum Gasteiger partial charge on any atom is 0.119 e. The highest BCUT2D eigenvalue weighted by Gasteiger charge is 2.18. The fourth-order valence-electron chi connectivity index (χ4n) is 1.34. The summed E-state index contributed by atoms with van der Waals surface area (Å²) in [5.74, 6) is 0.373. The number of aryl methyl sites for hydroxylation is 1. The maximum absolute atomic E-state index is 9.72. The van der Waals surface area contributed by atoms with Crippen LogP contribution in [0.15, 0.2) is 12.1 Å². The van der Waals surface area contributed by atoms with Crippen molar-refractivity contribution in [2.45, 2.75) is 33.1 Å². The van der Waals surface area contributed by atoms with Gasteiger partial charge in [0.15, 0.2) is 0 Å². The molecule has 1 rings (SSSR count). The largest absolute Gasteiger partial charge is 0.508 e. The molecule has 0 saturated carbocycles. The number of benzene rings is 1. The molecule has 1 heteroatoms. The Balaban J connectivity index is 3.32. The second kappa shape index (κ2) is 3.06. The Labute approximate surface area is 80.4 Å². The molecule has 1 aromatic carbocycles. The Kier molecular flexibility index (Phi) is 2.38. The quantitative estimate of drug-likeness (QED) is 0.645. The first-order valence-electron chi connectivity index (χ1n) is 4.48. The van der Waals surface area contributed by atoms with E-state index in [1.165, 1.54) is 0 Å². The highest BCUT2D eigenvalue weighted by Crippen LogP contribution is 2.32. The van der Waals surface area contributed by atoms with Crippen molar-refractivity contribution in [3.05, 3.63) is 35.7 Å². The molecule has 71 valence electrons. The van der Waals surface area contributed by atoms with Gasteiger partial charge in [0, 0.05) is 0 Å². The molecule has 0 unspecified atom stereocenters. The lowest BCUT2D eigenvalue weighted by Crippen LogP contribution is -2.11. The third-order valence-corrected chi connectivity index (χ3v) is 2.26. The lowest BCUT2D eigenvalue weighted by Gasteiger charge is -2.21. The van der Waals surface area contributed by atoms with Crippen molar-refractivity contribution in [1.29, 1.82) is 0 Å². The van der Waals surface area contributed by atoms with Gasteiger partial charge in [0.2, 0.25) is 0 Å². The number of hydrogen-bond acceptors (Lipinski definition) is 1. The first-order valence-corrected chi connectivity index (χ1v) is 4.48. The molecule has 0 bridgehead atoms. The molecule has 0 aliphatic carbocycles. The van der Waals surface area contributed by atoms with Crippen LogP contribution in [0.3, 0.4) is 0 Å². The number of hydrogen-bond donors (Lipinski definition) is 1. The molecular weight excluding hydrogens is 160 g/mol. The number of aromatic hydroxyl groups is 1. The van der Waals surface area contributed by atoms with E-state index in [1.54, 1.807) is 6.07 Å². The molecule has 0 aromatic heterocycles. The summed E-state index contributed by atoms with van der Waals surface area (Å²) in [4.78, 5) is 0. The van der Waals surface area contributed by atoms with Crippen molar-refractivity contribution in [1.82, 2.24) is 0 Å². The van der Waals surface area contributed by atoms with Gasteiger partial charge in [-0.15, -0.1) is 0 Å². The summed E-state index contributed by atoms with van der Waals surface area (Å²) in [5, 5.41) is 9.72. The average Bonchev–Trinajstić information content (AvgIpc) is 1.94. The second-order valence-corrected chi connectivity index (χ2v) is 4.55. The van der Waals surface area contributed by atoms with E-state index in [0.29, 0.717) is 5.75 Å². The monoisotopic (exact) mass is 177 g/mol. The van der Waals surface area contributed by atoms with Crippen LogP contribution in [-0.4, -0.2) is 5.11 Å². The molecule has 0 heterocycles. The van der Waals surface area contributed by atoms with Crippen LogP contribution in [0, 0.1) is 13.8 Å². The summed E-state index contributed by atoms with van der Waals surface area (Å²) in [6, 6.07) is 3.74. The Morgan fingerprint density at radius 1 is 1.23 bits per heavy atom. The second-order valence-electron chi connectivity index (χ2n) is 4.55. The summed E-state index contributed by atoms with van der Waals surface area (Å²) >= 11 is 0. The van der Waals surface area contributed by atoms with E-state index in [-0.39, 0.29) is 5.41 Å². The molecular formula is C12H17O. The van der Waals surface area contributed by atoms with Crippen molar-refractivity contribution < 1.29 is 5.11 Å². The molecule has 0 spiro atoms. The van der Waals surface area contributed by atoms with Crippen LogP contribution in [0.1, 0.15) is 37.5 Å². The van der Waals surface area contributed by atoms with Gasteiger partial charge in [-0.2, -0.15) is 0 Å². The van der Waals surface area contributed by atoms with Gasteiger partial charge in [-0.3, -0.25) is 0 Å². The molecule has 1 radical (unpaired) electrons. The van der Waals surface area contributed by atoms with Crippen molar-refractivity contribution in [3.63, 3.8) is 0 Å². The highest BCUT2D eigenvalue weighted by atomic mass is 16.3. The lowest BCUT2D eigenvalue weighted by molar-refractivity contribution is 0.446. The van der Waals surface area contributed by atoms with Crippen LogP contribution >= 0.6 is 0 Å². The van der Waals surface area contributed by atoms with Gasteiger partial charge in [0.05, 0.1) is 0 Å². The van der Waals surface area contributed by atoms with Gasteiger partial charge in [-0.1, -0.05) is 26.8 Å². The number of phenolic OH excluding ortho intramolecular Hbond substituents is 1. The van der Waals surface area contributed by atoms with Crippen molar-refractivity contribution >= 4 is 0 Å². The number of rotatable bonds is 0. The topological polar surface area (TPSA) is 20.2 Å². The molecule has 1 nitrogen and oxygen atoms in total. The van der Waals surface area contributed by atoms with Crippen LogP contribution in [0.2, 0.25) is 0 Å². The predicted molar refractivity (Wildman–Crippen MR) is 56.0 cm³/mol. The molecule has 1 aromatic rings. The molecule has 13 heavy (non-hydrogen) atoms. The van der Waals surface area contributed by atoms with Crippen LogP contribution in [0.25, 0.3) is 0 Å². The highest BCUT2D eigenvalue weighted by molar-refractivity contribution is 5.45. The van der Waals surface area contributed by atoms with E-state index in [9.17, 15) is 5.11 Å². The molecule has 0 aliphatic rings. The van der Waals surface area contributed by atoms with Gasteiger partial charge in [0.1, 0.15) is 5.75 Å². The zero-order valence-electron chi connectivity index (χ0n) is 8.81. The molecule has 0 saturated heterocycles. The van der Waals surface area contributed by atoms with Crippen LogP contribution in [0.4, 0.5) is 0 Å². The zero-order valence-corrected chi connectivity index (χ0v) is 8.81. The summed E-state index contributed by atoms with van der Waals surface area (Å²) in [6.45, 7) is 12.1. The first-order chi connectivity index (χ1) is 5.82. The fraction of sp³-hybridized carbons (Fsp3) is 0.417. The maximum atomic E-state index is 9.72. The van der Waals surface area contributed by atoms with Crippen molar-refractivity contribution in [3.8, 4) is 5.75 Å². The van der Waals surface area contributed by atoms with Gasteiger partial charge < -0.3 is 5.11 Å². The summed E-state index contributed by atoms with van der Waals surface area (Å²) in [6.07, 6.45) is 0. The Morgan fingerprint density at radius 3 is 2.23 bits per heavy atom. The number of phenols is 1. The predicted octanol–water partition coefficient (Wildman–Crippen LogP) is 3.18. The summed E-state index contributed by atoms with van der Waals surface area (Å²) in [5.41, 5.74) is 2.96. The third kappa shape index (κ3) is 2.03. The van der Waals surface area contributed by atoms with E-state index in [1.807, 2.05) is 13.0 Å². The van der Waals surface area contributed by atoms with Gasteiger partial charge in [0.25, 0.3) is 0 Å². The molecule has 0 amide bonds. The summed E-state index contributed by atoms with van der Waals surface area (Å²) in [7, 11) is 0. The minimum Gasteiger partial charge on any atom is -0.508 e. The van der Waals surface area contributed by atoms with Gasteiger partial charge in [-0.25, -0.2) is 0 Å². The molecule has 0 aliphatic heterocycles. The van der Waals surface area contributed by atoms with E-state index < -0.39 is 0 Å². The van der Waals surface area contributed by atoms with Crippen LogP contribution in [-0.2, 0) is 5.41 Å². The third-order valence-electron chi connectivity index (χ3n) is 2.26. The minimum absolute atomic E-state index is 0.0236. The zero-order chi connectivity index (χ0) is 10.2. The molecule has 0 fully saturated rings. The lowest BCUT2D eigenvalue weighted by atomic mass is 9.84. The normalized spacial score (nSPS) is 11.8. The van der Waals surface area contributed by atoms with E-state index in [2.05, 4.69) is 27.7 Å². The van der Waals surface area contributed by atoms with Crippen LogP contribution in [0.5, 0.6) is 5.75 Å². The molecule has 1 N–H and O–H groups in total. The van der Waals surface area contributed by atoms with E-state index in [0.717, 1.165) is 16.7 Å². The summed E-state index contributed by atoms with van der Waals surface area (Å²) < 4.78 is 0. The smallest absolute Gasteiger partial charge is 0.119 e. The standard InChI is InChI=1S/C12H17O/c1-8-6-10(12(3,4)5)11(13)7-9(8)2/h6-7,13H,1H2,2-5H3. The fourth-order valence-corrected chi connectivity index (χ4v) is 1.34. The van der Waals surface area contributed by atoms with E-state index >= 15 is 0 Å². The van der Waals surface area contributed by atoms with Crippen LogP contribution < -0.4 is 0 Å². The Hall–Kier alpha value is -0.980. The Morgan fingerprint density at radius 2 is 1.77 bits per heavy atom. The van der Waals surface area contributed by atoms with E-state index in [4.69, 9.17) is 0 Å². The Bertz CT molecular complexity index is 319.